The molecule has 1 fully saturated rings. The Morgan fingerprint density at radius 1 is 1.24 bits per heavy atom. The van der Waals surface area contributed by atoms with Crippen molar-refractivity contribution in [3.05, 3.63) is 70.2 Å². The number of likely N-dealkylation sites (tertiary alicyclic amines) is 1. The van der Waals surface area contributed by atoms with Crippen LogP contribution >= 0.6 is 11.6 Å². The Bertz CT molecular complexity index is 791. The van der Waals surface area contributed by atoms with E-state index in [1.54, 1.807) is 6.07 Å². The molecule has 3 rings (SSSR count). The molecule has 0 unspecified atom stereocenters. The Morgan fingerprint density at radius 3 is 2.76 bits per heavy atom. The molecule has 1 N–H and O–H groups in total. The minimum atomic E-state index is -0.144. The van der Waals surface area contributed by atoms with Gasteiger partial charge in [-0.3, -0.25) is 9.59 Å². The van der Waals surface area contributed by atoms with Crippen LogP contribution in [0.25, 0.3) is 0 Å². The van der Waals surface area contributed by atoms with Crippen molar-refractivity contribution in [3.8, 4) is 0 Å². The van der Waals surface area contributed by atoms with Crippen LogP contribution in [0.2, 0.25) is 5.02 Å². The summed E-state index contributed by atoms with van der Waals surface area (Å²) in [6.45, 7) is 3.28. The van der Waals surface area contributed by atoms with E-state index in [-0.39, 0.29) is 17.9 Å². The Kier molecular flexibility index (Phi) is 5.39. The van der Waals surface area contributed by atoms with Crippen molar-refractivity contribution in [1.29, 1.82) is 0 Å². The number of carbonyl (C=O) groups excluding carboxylic acids is 2. The van der Waals surface area contributed by atoms with Crippen molar-refractivity contribution in [2.24, 2.45) is 0 Å². The zero-order chi connectivity index (χ0) is 17.8. The van der Waals surface area contributed by atoms with Gasteiger partial charge in [-0.25, -0.2) is 0 Å². The largest absolute Gasteiger partial charge is 0.346 e. The monoisotopic (exact) mass is 356 g/mol. The lowest BCUT2D eigenvalue weighted by atomic mass is 10.1. The molecule has 0 aromatic heterocycles. The minimum absolute atomic E-state index is 0.137. The SMILES string of the molecule is C[C@H](NC(=O)c1cccc(CN2CCCC2=O)c1)c1cccc(Cl)c1. The van der Waals surface area contributed by atoms with Gasteiger partial charge in [0.25, 0.3) is 5.91 Å². The fraction of sp³-hybridized carbons (Fsp3) is 0.300. The van der Waals surface area contributed by atoms with Crippen LogP contribution < -0.4 is 5.32 Å². The molecule has 1 aliphatic heterocycles. The molecule has 2 aromatic carbocycles. The van der Waals surface area contributed by atoms with E-state index in [0.717, 1.165) is 24.1 Å². The van der Waals surface area contributed by atoms with Crippen molar-refractivity contribution < 1.29 is 9.59 Å². The summed E-state index contributed by atoms with van der Waals surface area (Å²) in [6, 6.07) is 14.8. The summed E-state index contributed by atoms with van der Waals surface area (Å²) in [5, 5.41) is 3.64. The van der Waals surface area contributed by atoms with Crippen molar-refractivity contribution >= 4 is 23.4 Å². The van der Waals surface area contributed by atoms with Crippen LogP contribution in [-0.2, 0) is 11.3 Å². The number of halogens is 1. The number of benzene rings is 2. The Labute approximate surface area is 152 Å². The number of rotatable bonds is 5. The van der Waals surface area contributed by atoms with Crippen LogP contribution in [0.1, 0.15) is 47.3 Å². The quantitative estimate of drug-likeness (QED) is 0.881. The molecule has 1 heterocycles. The lowest BCUT2D eigenvalue weighted by molar-refractivity contribution is -0.128. The molecule has 4 nitrogen and oxygen atoms in total. The van der Waals surface area contributed by atoms with Crippen LogP contribution in [-0.4, -0.2) is 23.3 Å². The predicted octanol–water partition coefficient (Wildman–Crippen LogP) is 3.95. The van der Waals surface area contributed by atoms with Crippen LogP contribution in [0, 0.1) is 0 Å². The number of carbonyl (C=O) groups is 2. The van der Waals surface area contributed by atoms with Crippen molar-refractivity contribution in [2.75, 3.05) is 6.54 Å². The highest BCUT2D eigenvalue weighted by molar-refractivity contribution is 6.30. The molecule has 2 amide bonds. The first kappa shape index (κ1) is 17.5. The summed E-state index contributed by atoms with van der Waals surface area (Å²) in [5.41, 5.74) is 2.52. The maximum Gasteiger partial charge on any atom is 0.251 e. The third-order valence-electron chi connectivity index (χ3n) is 4.43. The van der Waals surface area contributed by atoms with Gasteiger partial charge < -0.3 is 10.2 Å². The van der Waals surface area contributed by atoms with Gasteiger partial charge in [0, 0.05) is 30.1 Å². The lowest BCUT2D eigenvalue weighted by Gasteiger charge is -2.17. The molecular weight excluding hydrogens is 336 g/mol. The van der Waals surface area contributed by atoms with Crippen LogP contribution in [0.3, 0.4) is 0 Å². The summed E-state index contributed by atoms with van der Waals surface area (Å²) >= 11 is 6.01. The Hall–Kier alpha value is -2.33. The third-order valence-corrected chi connectivity index (χ3v) is 4.67. The summed E-state index contributed by atoms with van der Waals surface area (Å²) in [7, 11) is 0. The molecule has 0 radical (unpaired) electrons. The van der Waals surface area contributed by atoms with Crippen LogP contribution in [0.15, 0.2) is 48.5 Å². The molecule has 1 saturated heterocycles. The normalized spacial score (nSPS) is 15.3. The van der Waals surface area contributed by atoms with E-state index >= 15 is 0 Å². The number of nitrogens with one attached hydrogen (secondary N) is 1. The summed E-state index contributed by atoms with van der Waals surface area (Å²) in [6.07, 6.45) is 1.54. The van der Waals surface area contributed by atoms with Gasteiger partial charge in [-0.2, -0.15) is 0 Å². The Morgan fingerprint density at radius 2 is 2.04 bits per heavy atom. The van der Waals surface area contributed by atoms with E-state index in [1.807, 2.05) is 54.3 Å². The number of amides is 2. The van der Waals surface area contributed by atoms with Gasteiger partial charge in [0.05, 0.1) is 6.04 Å². The molecule has 130 valence electrons. The van der Waals surface area contributed by atoms with Gasteiger partial charge in [-0.05, 0) is 48.7 Å². The molecule has 0 spiro atoms. The third kappa shape index (κ3) is 4.40. The molecule has 0 bridgehead atoms. The molecule has 0 aliphatic carbocycles. The highest BCUT2D eigenvalue weighted by atomic mass is 35.5. The molecule has 1 aliphatic rings. The predicted molar refractivity (Wildman–Crippen MR) is 98.4 cm³/mol. The first-order valence-corrected chi connectivity index (χ1v) is 8.84. The van der Waals surface area contributed by atoms with Crippen LogP contribution in [0.4, 0.5) is 0 Å². The zero-order valence-corrected chi connectivity index (χ0v) is 14.9. The second-order valence-corrected chi connectivity index (χ2v) is 6.81. The van der Waals surface area contributed by atoms with E-state index in [4.69, 9.17) is 11.6 Å². The first-order valence-electron chi connectivity index (χ1n) is 8.46. The molecule has 25 heavy (non-hydrogen) atoms. The number of hydrogen-bond acceptors (Lipinski definition) is 2. The van der Waals surface area contributed by atoms with Gasteiger partial charge in [0.15, 0.2) is 0 Å². The van der Waals surface area contributed by atoms with Gasteiger partial charge in [-0.15, -0.1) is 0 Å². The minimum Gasteiger partial charge on any atom is -0.346 e. The topological polar surface area (TPSA) is 49.4 Å². The lowest BCUT2D eigenvalue weighted by Crippen LogP contribution is -2.27. The smallest absolute Gasteiger partial charge is 0.251 e. The second kappa shape index (κ2) is 7.70. The van der Waals surface area contributed by atoms with Crippen molar-refractivity contribution in [3.63, 3.8) is 0 Å². The maximum atomic E-state index is 12.5. The summed E-state index contributed by atoms with van der Waals surface area (Å²) in [4.78, 5) is 26.1. The molecule has 5 heteroatoms. The van der Waals surface area contributed by atoms with E-state index in [1.165, 1.54) is 0 Å². The van der Waals surface area contributed by atoms with Crippen molar-refractivity contribution in [1.82, 2.24) is 10.2 Å². The van der Waals surface area contributed by atoms with Gasteiger partial charge in [0.1, 0.15) is 0 Å². The maximum absolute atomic E-state index is 12.5. The van der Waals surface area contributed by atoms with E-state index in [2.05, 4.69) is 5.32 Å². The zero-order valence-electron chi connectivity index (χ0n) is 14.2. The fourth-order valence-electron chi connectivity index (χ4n) is 3.04. The van der Waals surface area contributed by atoms with Crippen molar-refractivity contribution in [2.45, 2.75) is 32.4 Å². The highest BCUT2D eigenvalue weighted by Gasteiger charge is 2.20. The molecular formula is C20H21ClN2O2. The average Bonchev–Trinajstić information content (AvgIpc) is 3.00. The number of nitrogens with zero attached hydrogens (tertiary/aromatic N) is 1. The van der Waals surface area contributed by atoms with E-state index < -0.39 is 0 Å². The summed E-state index contributed by atoms with van der Waals surface area (Å²) in [5.74, 6) is 0.0477. The standard InChI is InChI=1S/C20H21ClN2O2/c1-14(16-6-3-8-18(21)12-16)22-20(25)17-7-2-5-15(11-17)13-23-10-4-9-19(23)24/h2-3,5-8,11-12,14H,4,9-10,13H2,1H3,(H,22,25)/t14-/m0/s1. The number of hydrogen-bond donors (Lipinski definition) is 1. The van der Waals surface area contributed by atoms with Gasteiger partial charge in [-0.1, -0.05) is 35.9 Å². The van der Waals surface area contributed by atoms with Gasteiger partial charge in [0.2, 0.25) is 5.91 Å². The molecule has 2 aromatic rings. The van der Waals surface area contributed by atoms with E-state index in [0.29, 0.717) is 23.6 Å². The Balaban J connectivity index is 1.67. The second-order valence-electron chi connectivity index (χ2n) is 6.37. The average molecular weight is 357 g/mol. The fourth-order valence-corrected chi connectivity index (χ4v) is 3.24. The first-order chi connectivity index (χ1) is 12.0. The van der Waals surface area contributed by atoms with E-state index in [9.17, 15) is 9.59 Å². The summed E-state index contributed by atoms with van der Waals surface area (Å²) < 4.78 is 0. The molecule has 1 atom stereocenters. The molecule has 0 saturated carbocycles. The highest BCUT2D eigenvalue weighted by Crippen LogP contribution is 2.19. The van der Waals surface area contributed by atoms with Crippen LogP contribution in [0.5, 0.6) is 0 Å². The van der Waals surface area contributed by atoms with Gasteiger partial charge >= 0.3 is 0 Å².